The molecule has 0 saturated carbocycles. The highest BCUT2D eigenvalue weighted by Gasteiger charge is 2.12. The van der Waals surface area contributed by atoms with E-state index in [9.17, 15) is 4.79 Å². The molecule has 0 bridgehead atoms. The van der Waals surface area contributed by atoms with Crippen molar-refractivity contribution in [2.45, 2.75) is 24.8 Å². The van der Waals surface area contributed by atoms with E-state index in [1.54, 1.807) is 19.1 Å². The van der Waals surface area contributed by atoms with Crippen molar-refractivity contribution in [3.8, 4) is 0 Å². The molecule has 0 fully saturated rings. The van der Waals surface area contributed by atoms with Crippen LogP contribution in [-0.4, -0.2) is 28.0 Å². The maximum Gasteiger partial charge on any atom is 0.337 e. The van der Waals surface area contributed by atoms with Crippen molar-refractivity contribution in [3.05, 3.63) is 28.3 Å². The summed E-state index contributed by atoms with van der Waals surface area (Å²) in [5.74, 6) is -0.469. The number of hydrogen-bond donors (Lipinski definition) is 2. The molecule has 0 spiro atoms. The van der Waals surface area contributed by atoms with Crippen LogP contribution in [0.2, 0.25) is 5.02 Å². The second-order valence-corrected chi connectivity index (χ2v) is 5.03. The summed E-state index contributed by atoms with van der Waals surface area (Å²) in [6.07, 6.45) is -0.401. The summed E-state index contributed by atoms with van der Waals surface area (Å²) in [7, 11) is 0. The Bertz CT molecular complexity index is 404. The Kier molecular flexibility index (Phi) is 4.65. The summed E-state index contributed by atoms with van der Waals surface area (Å²) in [6, 6.07) is 3.18. The highest BCUT2D eigenvalue weighted by molar-refractivity contribution is 7.99. The summed E-state index contributed by atoms with van der Waals surface area (Å²) >= 11 is 7.32. The van der Waals surface area contributed by atoms with Gasteiger partial charge >= 0.3 is 5.97 Å². The van der Waals surface area contributed by atoms with Gasteiger partial charge in [0.1, 0.15) is 0 Å². The molecule has 0 radical (unpaired) electrons. The third-order valence-electron chi connectivity index (χ3n) is 1.98. The second-order valence-electron chi connectivity index (χ2n) is 3.56. The zero-order valence-electron chi connectivity index (χ0n) is 9.03. The molecule has 2 N–H and O–H groups in total. The van der Waals surface area contributed by atoms with Crippen LogP contribution in [-0.2, 0) is 0 Å². The molecular weight excluding hydrogens is 248 g/mol. The van der Waals surface area contributed by atoms with Gasteiger partial charge in [0, 0.05) is 10.6 Å². The number of rotatable bonds is 4. The van der Waals surface area contributed by atoms with E-state index in [1.165, 1.54) is 11.8 Å². The van der Waals surface area contributed by atoms with Crippen LogP contribution in [0.5, 0.6) is 0 Å². The third-order valence-corrected chi connectivity index (χ3v) is 3.69. The maximum atomic E-state index is 10.8. The Labute approximate surface area is 103 Å². The average Bonchev–Trinajstić information content (AvgIpc) is 2.18. The van der Waals surface area contributed by atoms with Crippen molar-refractivity contribution in [1.29, 1.82) is 0 Å². The molecule has 1 aromatic carbocycles. The Morgan fingerprint density at radius 3 is 2.69 bits per heavy atom. The molecule has 1 atom stereocenters. The number of thioether (sulfide) groups is 1. The van der Waals surface area contributed by atoms with Gasteiger partial charge in [0.25, 0.3) is 0 Å². The van der Waals surface area contributed by atoms with Crippen LogP contribution in [0.3, 0.4) is 0 Å². The first kappa shape index (κ1) is 13.4. The number of halogens is 1. The normalized spacial score (nSPS) is 12.5. The van der Waals surface area contributed by atoms with Gasteiger partial charge in [-0.2, -0.15) is 0 Å². The minimum absolute atomic E-state index is 0.112. The lowest BCUT2D eigenvalue weighted by Gasteiger charge is -2.09. The molecule has 0 heterocycles. The van der Waals surface area contributed by atoms with Crippen LogP contribution in [0, 0.1) is 6.92 Å². The highest BCUT2D eigenvalue weighted by atomic mass is 35.5. The first-order valence-electron chi connectivity index (χ1n) is 4.76. The first-order chi connectivity index (χ1) is 7.41. The third kappa shape index (κ3) is 3.40. The van der Waals surface area contributed by atoms with E-state index in [2.05, 4.69) is 0 Å². The molecule has 88 valence electrons. The van der Waals surface area contributed by atoms with Crippen molar-refractivity contribution in [1.82, 2.24) is 0 Å². The molecular formula is C11H13ClO3S. The zero-order valence-corrected chi connectivity index (χ0v) is 10.6. The predicted molar refractivity (Wildman–Crippen MR) is 65.6 cm³/mol. The molecule has 0 amide bonds. The minimum atomic E-state index is -1.03. The van der Waals surface area contributed by atoms with Gasteiger partial charge in [-0.1, -0.05) is 11.6 Å². The quantitative estimate of drug-likeness (QED) is 0.818. The fourth-order valence-corrected chi connectivity index (χ4v) is 2.41. The Morgan fingerprint density at radius 2 is 2.19 bits per heavy atom. The molecule has 16 heavy (non-hydrogen) atoms. The Hall–Kier alpha value is -0.710. The number of aromatic carboxylic acids is 1. The van der Waals surface area contributed by atoms with Crippen molar-refractivity contribution in [2.24, 2.45) is 0 Å². The molecule has 0 aliphatic carbocycles. The van der Waals surface area contributed by atoms with Gasteiger partial charge in [0.2, 0.25) is 0 Å². The molecule has 1 unspecified atom stereocenters. The molecule has 0 aromatic heterocycles. The zero-order chi connectivity index (χ0) is 12.3. The molecule has 1 aromatic rings. The fraction of sp³-hybridized carbons (Fsp3) is 0.364. The van der Waals surface area contributed by atoms with Crippen LogP contribution >= 0.6 is 23.4 Å². The smallest absolute Gasteiger partial charge is 0.337 e. The van der Waals surface area contributed by atoms with Gasteiger partial charge in [-0.25, -0.2) is 4.79 Å². The van der Waals surface area contributed by atoms with Gasteiger partial charge in [0.15, 0.2) is 0 Å². The number of aliphatic hydroxyl groups is 1. The van der Waals surface area contributed by atoms with Crippen LogP contribution in [0.1, 0.15) is 22.8 Å². The number of carboxylic acid groups (broad SMARTS) is 1. The molecule has 0 saturated heterocycles. The topological polar surface area (TPSA) is 57.5 Å². The minimum Gasteiger partial charge on any atom is -0.478 e. The summed E-state index contributed by atoms with van der Waals surface area (Å²) in [5, 5.41) is 18.3. The number of hydrogen-bond acceptors (Lipinski definition) is 3. The summed E-state index contributed by atoms with van der Waals surface area (Å²) < 4.78 is 0. The lowest BCUT2D eigenvalue weighted by atomic mass is 10.1. The maximum absolute atomic E-state index is 10.8. The summed E-state index contributed by atoms with van der Waals surface area (Å²) in [4.78, 5) is 11.7. The van der Waals surface area contributed by atoms with Crippen LogP contribution < -0.4 is 0 Å². The van der Waals surface area contributed by atoms with Crippen LogP contribution in [0.25, 0.3) is 0 Å². The van der Waals surface area contributed by atoms with E-state index < -0.39 is 12.1 Å². The summed E-state index contributed by atoms with van der Waals surface area (Å²) in [6.45, 7) is 3.53. The second kappa shape index (κ2) is 5.57. The van der Waals surface area contributed by atoms with Gasteiger partial charge in [-0.05, 0) is 31.5 Å². The lowest BCUT2D eigenvalue weighted by molar-refractivity contribution is 0.0697. The highest BCUT2D eigenvalue weighted by Crippen LogP contribution is 2.29. The first-order valence-corrected chi connectivity index (χ1v) is 6.12. The molecule has 1 rings (SSSR count). The largest absolute Gasteiger partial charge is 0.478 e. The van der Waals surface area contributed by atoms with Gasteiger partial charge in [-0.15, -0.1) is 11.8 Å². The number of benzene rings is 1. The van der Waals surface area contributed by atoms with E-state index in [0.29, 0.717) is 5.75 Å². The monoisotopic (exact) mass is 260 g/mol. The van der Waals surface area contributed by atoms with E-state index in [0.717, 1.165) is 10.5 Å². The van der Waals surface area contributed by atoms with Crippen molar-refractivity contribution >= 4 is 29.3 Å². The molecule has 0 aliphatic heterocycles. The number of carbonyl (C=O) groups is 1. The van der Waals surface area contributed by atoms with Crippen molar-refractivity contribution in [2.75, 3.05) is 5.75 Å². The van der Waals surface area contributed by atoms with Crippen molar-refractivity contribution < 1.29 is 15.0 Å². The van der Waals surface area contributed by atoms with Crippen LogP contribution in [0.4, 0.5) is 0 Å². The number of aryl methyl sites for hydroxylation is 1. The molecule has 0 aliphatic rings. The van der Waals surface area contributed by atoms with Gasteiger partial charge < -0.3 is 10.2 Å². The van der Waals surface area contributed by atoms with Crippen LogP contribution in [0.15, 0.2) is 17.0 Å². The molecule has 5 heteroatoms. The SMILES string of the molecule is Cc1cc(C(=O)O)c(Cl)cc1SCC(C)O. The van der Waals surface area contributed by atoms with E-state index >= 15 is 0 Å². The standard InChI is InChI=1S/C11H13ClO3S/c1-6-3-8(11(14)15)9(12)4-10(6)16-5-7(2)13/h3-4,7,13H,5H2,1-2H3,(H,14,15). The van der Waals surface area contributed by atoms with E-state index in [1.807, 2.05) is 6.92 Å². The predicted octanol–water partition coefficient (Wildman–Crippen LogP) is 2.82. The number of carboxylic acids is 1. The Balaban J connectivity index is 2.96. The average molecular weight is 261 g/mol. The van der Waals surface area contributed by atoms with Crippen molar-refractivity contribution in [3.63, 3.8) is 0 Å². The van der Waals surface area contributed by atoms with Gasteiger partial charge in [-0.3, -0.25) is 0 Å². The lowest BCUT2D eigenvalue weighted by Crippen LogP contribution is -2.03. The van der Waals surface area contributed by atoms with E-state index in [-0.39, 0.29) is 10.6 Å². The number of aliphatic hydroxyl groups excluding tert-OH is 1. The fourth-order valence-electron chi connectivity index (χ4n) is 1.19. The Morgan fingerprint density at radius 1 is 1.56 bits per heavy atom. The van der Waals surface area contributed by atoms with E-state index in [4.69, 9.17) is 21.8 Å². The molecule has 3 nitrogen and oxygen atoms in total. The summed E-state index contributed by atoms with van der Waals surface area (Å²) in [5.41, 5.74) is 0.966. The van der Waals surface area contributed by atoms with Gasteiger partial charge in [0.05, 0.1) is 16.7 Å².